The molecule has 0 spiro atoms. The van der Waals surface area contributed by atoms with Gasteiger partial charge in [-0.05, 0) is 0 Å². The molecule has 18 heavy (non-hydrogen) atoms. The van der Waals surface area contributed by atoms with Crippen LogP contribution in [0.15, 0.2) is 4.52 Å². The van der Waals surface area contributed by atoms with E-state index in [1.54, 1.807) is 0 Å². The molecule has 1 aromatic heterocycles. The third-order valence-electron chi connectivity index (χ3n) is 1.76. The van der Waals surface area contributed by atoms with Crippen LogP contribution in [-0.2, 0) is 11.2 Å². The molecular formula is C9H12F3N3O3. The first-order valence-electron chi connectivity index (χ1n) is 5.14. The highest BCUT2D eigenvalue weighted by molar-refractivity contribution is 5.77. The van der Waals surface area contributed by atoms with Crippen molar-refractivity contribution in [2.75, 3.05) is 6.54 Å². The van der Waals surface area contributed by atoms with Gasteiger partial charge in [0.2, 0.25) is 0 Å². The van der Waals surface area contributed by atoms with E-state index in [9.17, 15) is 18.0 Å². The molecule has 0 amide bonds. The lowest BCUT2D eigenvalue weighted by atomic mass is 10.3. The van der Waals surface area contributed by atoms with Crippen LogP contribution in [0.1, 0.15) is 19.7 Å². The molecule has 0 fully saturated rings. The molecular weight excluding hydrogens is 255 g/mol. The van der Waals surface area contributed by atoms with Crippen molar-refractivity contribution in [2.45, 2.75) is 32.5 Å². The molecule has 0 saturated heterocycles. The number of carbonyl (C=O) groups excluding carboxylic acids is 1. The molecule has 0 aliphatic carbocycles. The highest BCUT2D eigenvalue weighted by Crippen LogP contribution is 2.18. The van der Waals surface area contributed by atoms with Crippen molar-refractivity contribution in [1.82, 2.24) is 15.5 Å². The van der Waals surface area contributed by atoms with Gasteiger partial charge >= 0.3 is 18.2 Å². The fraction of sp³-hybridized carbons (Fsp3) is 0.667. The van der Waals surface area contributed by atoms with Gasteiger partial charge in [-0.1, -0.05) is 19.0 Å². The highest BCUT2D eigenvalue weighted by Gasteiger charge is 2.42. The Morgan fingerprint density at radius 2 is 2.17 bits per heavy atom. The standard InChI is InChI=1S/C9H12F3N3O3/c1-5(2)13-4-3-6-14-8(18-15-6)17-7(16)9(10,11)12/h5,13H,3-4H2,1-2H3. The summed E-state index contributed by atoms with van der Waals surface area (Å²) in [6.07, 6.45) is -5.55. The molecule has 0 aliphatic heterocycles. The van der Waals surface area contributed by atoms with Crippen LogP contribution in [0.25, 0.3) is 0 Å². The maximum atomic E-state index is 11.9. The number of halogens is 3. The lowest BCUT2D eigenvalue weighted by molar-refractivity contribution is -0.191. The summed E-state index contributed by atoms with van der Waals surface area (Å²) < 4.78 is 43.8. The fourth-order valence-corrected chi connectivity index (χ4v) is 0.991. The molecule has 0 aliphatic rings. The zero-order valence-corrected chi connectivity index (χ0v) is 9.74. The molecule has 0 bridgehead atoms. The Hall–Kier alpha value is -1.64. The average molecular weight is 267 g/mol. The first-order chi connectivity index (χ1) is 8.29. The van der Waals surface area contributed by atoms with Crippen LogP contribution in [0.4, 0.5) is 13.2 Å². The van der Waals surface area contributed by atoms with Crippen LogP contribution in [0, 0.1) is 0 Å². The molecule has 0 aromatic carbocycles. The van der Waals surface area contributed by atoms with Gasteiger partial charge in [0.1, 0.15) is 0 Å². The summed E-state index contributed by atoms with van der Waals surface area (Å²) in [5.41, 5.74) is 0. The van der Waals surface area contributed by atoms with Crippen molar-refractivity contribution < 1.29 is 27.2 Å². The average Bonchev–Trinajstić information content (AvgIpc) is 2.63. The maximum absolute atomic E-state index is 11.9. The summed E-state index contributed by atoms with van der Waals surface area (Å²) in [5, 5.41) is 6.44. The quantitative estimate of drug-likeness (QED) is 0.804. The minimum atomic E-state index is -5.09. The molecule has 1 N–H and O–H groups in total. The summed E-state index contributed by atoms with van der Waals surface area (Å²) in [6.45, 7) is 4.41. The van der Waals surface area contributed by atoms with Crippen molar-refractivity contribution >= 4 is 5.97 Å². The third kappa shape index (κ3) is 4.70. The number of rotatable bonds is 5. The Morgan fingerprint density at radius 3 is 2.72 bits per heavy atom. The molecule has 6 nitrogen and oxygen atoms in total. The van der Waals surface area contributed by atoms with Gasteiger partial charge in [-0.3, -0.25) is 4.52 Å². The van der Waals surface area contributed by atoms with Gasteiger partial charge in [-0.25, -0.2) is 4.79 Å². The summed E-state index contributed by atoms with van der Waals surface area (Å²) in [6, 6.07) is 0.263. The largest absolute Gasteiger partial charge is 0.491 e. The molecule has 0 saturated carbocycles. The van der Waals surface area contributed by atoms with Gasteiger partial charge in [0.05, 0.1) is 0 Å². The van der Waals surface area contributed by atoms with E-state index in [1.807, 2.05) is 13.8 Å². The fourth-order valence-electron chi connectivity index (χ4n) is 0.991. The number of esters is 1. The molecule has 9 heteroatoms. The van der Waals surface area contributed by atoms with Crippen molar-refractivity contribution in [1.29, 1.82) is 0 Å². The second kappa shape index (κ2) is 5.80. The van der Waals surface area contributed by atoms with Crippen molar-refractivity contribution in [3.05, 3.63) is 5.82 Å². The maximum Gasteiger partial charge on any atom is 0.491 e. The van der Waals surface area contributed by atoms with E-state index in [0.717, 1.165) is 0 Å². The molecule has 1 rings (SSSR count). The second-order valence-corrected chi connectivity index (χ2v) is 3.72. The van der Waals surface area contributed by atoms with E-state index in [4.69, 9.17) is 0 Å². The van der Waals surface area contributed by atoms with Gasteiger partial charge in [0, 0.05) is 19.0 Å². The molecule has 0 atom stereocenters. The van der Waals surface area contributed by atoms with E-state index < -0.39 is 18.2 Å². The van der Waals surface area contributed by atoms with Crippen LogP contribution in [0.3, 0.4) is 0 Å². The smallest absolute Gasteiger partial charge is 0.369 e. The number of alkyl halides is 3. The van der Waals surface area contributed by atoms with Crippen molar-refractivity contribution in [3.8, 4) is 6.08 Å². The highest BCUT2D eigenvalue weighted by atomic mass is 19.4. The Bertz CT molecular complexity index is 403. The van der Waals surface area contributed by atoms with Crippen molar-refractivity contribution in [3.63, 3.8) is 0 Å². The Labute approximate surface area is 100 Å². The normalized spacial score (nSPS) is 11.9. The molecule has 0 radical (unpaired) electrons. The first-order valence-corrected chi connectivity index (χ1v) is 5.14. The molecule has 1 aromatic rings. The zero-order valence-electron chi connectivity index (χ0n) is 9.74. The zero-order chi connectivity index (χ0) is 13.8. The first kappa shape index (κ1) is 14.4. The summed E-state index contributed by atoms with van der Waals surface area (Å²) in [7, 11) is 0. The van der Waals surface area contributed by atoms with E-state index in [1.165, 1.54) is 0 Å². The molecule has 102 valence electrons. The third-order valence-corrected chi connectivity index (χ3v) is 1.76. The Kier molecular flexibility index (Phi) is 4.65. The number of aromatic nitrogens is 2. The van der Waals surface area contributed by atoms with E-state index >= 15 is 0 Å². The minimum absolute atomic E-state index is 0.160. The second-order valence-electron chi connectivity index (χ2n) is 3.72. The monoisotopic (exact) mass is 267 g/mol. The van der Waals surface area contributed by atoms with Crippen molar-refractivity contribution in [2.24, 2.45) is 0 Å². The van der Waals surface area contributed by atoms with Crippen LogP contribution < -0.4 is 10.1 Å². The summed E-state index contributed by atoms with van der Waals surface area (Å²) >= 11 is 0. The van der Waals surface area contributed by atoms with Gasteiger partial charge in [-0.15, -0.1) is 0 Å². The topological polar surface area (TPSA) is 77.3 Å². The van der Waals surface area contributed by atoms with Crippen LogP contribution in [0.5, 0.6) is 6.08 Å². The van der Waals surface area contributed by atoms with E-state index in [-0.39, 0.29) is 11.9 Å². The number of carbonyl (C=O) groups is 1. The number of hydrogen-bond donors (Lipinski definition) is 1. The number of nitrogens with zero attached hydrogens (tertiary/aromatic N) is 2. The summed E-state index contributed by atoms with van der Waals surface area (Å²) in [5.74, 6) is -2.23. The lowest BCUT2D eigenvalue weighted by Crippen LogP contribution is -2.28. The van der Waals surface area contributed by atoms with Gasteiger partial charge < -0.3 is 10.1 Å². The SMILES string of the molecule is CC(C)NCCc1noc(OC(=O)C(F)(F)F)n1. The predicted octanol–water partition coefficient (Wildman–Crippen LogP) is 1.08. The number of hydrogen-bond acceptors (Lipinski definition) is 6. The minimum Gasteiger partial charge on any atom is -0.369 e. The van der Waals surface area contributed by atoms with Crippen LogP contribution in [-0.4, -0.2) is 34.9 Å². The van der Waals surface area contributed by atoms with Gasteiger partial charge in [0.15, 0.2) is 5.82 Å². The predicted molar refractivity (Wildman–Crippen MR) is 52.8 cm³/mol. The summed E-state index contributed by atoms with van der Waals surface area (Å²) in [4.78, 5) is 14.0. The molecule has 0 unspecified atom stereocenters. The van der Waals surface area contributed by atoms with Gasteiger partial charge in [-0.2, -0.15) is 18.2 Å². The Balaban J connectivity index is 2.46. The number of ether oxygens (including phenoxy) is 1. The van der Waals surface area contributed by atoms with E-state index in [2.05, 4.69) is 24.7 Å². The van der Waals surface area contributed by atoms with E-state index in [0.29, 0.717) is 13.0 Å². The van der Waals surface area contributed by atoms with Crippen LogP contribution >= 0.6 is 0 Å². The lowest BCUT2D eigenvalue weighted by Gasteiger charge is -2.04. The Morgan fingerprint density at radius 1 is 1.50 bits per heavy atom. The van der Waals surface area contributed by atoms with Crippen LogP contribution in [0.2, 0.25) is 0 Å². The van der Waals surface area contributed by atoms with Gasteiger partial charge in [0.25, 0.3) is 0 Å². The molecule has 1 heterocycles. The number of nitrogens with one attached hydrogen (secondary N) is 1.